The summed E-state index contributed by atoms with van der Waals surface area (Å²) in [4.78, 5) is 48.4. The van der Waals surface area contributed by atoms with E-state index < -0.39 is 49.0 Å². The summed E-state index contributed by atoms with van der Waals surface area (Å²) in [7, 11) is 0. The van der Waals surface area contributed by atoms with Crippen LogP contribution in [0.5, 0.6) is 11.8 Å². The molecule has 1 amide bonds. The first-order valence-corrected chi connectivity index (χ1v) is 16.8. The second-order valence-electron chi connectivity index (χ2n) is 12.3. The maximum absolute atomic E-state index is 16.4. The van der Waals surface area contributed by atoms with Crippen LogP contribution in [-0.2, 0) is 30.2 Å². The van der Waals surface area contributed by atoms with Crippen LogP contribution in [-0.4, -0.2) is 87.7 Å². The number of amides is 1. The van der Waals surface area contributed by atoms with Gasteiger partial charge in [-0.25, -0.2) is 28.3 Å². The van der Waals surface area contributed by atoms with E-state index in [9.17, 15) is 18.8 Å². The van der Waals surface area contributed by atoms with Crippen LogP contribution in [0, 0.1) is 18.2 Å². The minimum Gasteiger partial charge on any atom is -0.487 e. The second-order valence-corrected chi connectivity index (χ2v) is 12.3. The molecular formula is C36H41F2N7O9. The van der Waals surface area contributed by atoms with Crippen molar-refractivity contribution in [2.45, 2.75) is 59.0 Å². The number of esters is 1. The van der Waals surface area contributed by atoms with Crippen LogP contribution in [0.15, 0.2) is 54.9 Å². The van der Waals surface area contributed by atoms with Gasteiger partial charge in [0.2, 0.25) is 6.79 Å². The highest BCUT2D eigenvalue weighted by molar-refractivity contribution is 6.04. The van der Waals surface area contributed by atoms with E-state index in [0.29, 0.717) is 23.1 Å². The third kappa shape index (κ3) is 11.7. The van der Waals surface area contributed by atoms with Crippen LogP contribution >= 0.6 is 0 Å². The number of amidine groups is 1. The largest absolute Gasteiger partial charge is 0.511 e. The first kappa shape index (κ1) is 40.6. The van der Waals surface area contributed by atoms with Gasteiger partial charge in [-0.1, -0.05) is 37.3 Å². The van der Waals surface area contributed by atoms with Crippen LogP contribution in [0.2, 0.25) is 0 Å². The molecule has 16 nitrogen and oxygen atoms in total. The number of aromatic nitrogens is 5. The zero-order valence-corrected chi connectivity index (χ0v) is 30.4. The summed E-state index contributed by atoms with van der Waals surface area (Å²) in [5.74, 6) is -2.36. The molecule has 288 valence electrons. The number of halogens is 2. The Kier molecular flexibility index (Phi) is 14.3. The van der Waals surface area contributed by atoms with Gasteiger partial charge in [0, 0.05) is 30.4 Å². The first-order valence-electron chi connectivity index (χ1n) is 16.8. The Labute approximate surface area is 309 Å². The Balaban J connectivity index is 1.71. The number of hydrogen-bond acceptors (Lipinski definition) is 14. The number of rotatable bonds is 17. The van der Waals surface area contributed by atoms with E-state index in [1.807, 2.05) is 6.92 Å². The summed E-state index contributed by atoms with van der Waals surface area (Å²) in [6.45, 7) is 5.91. The first-order chi connectivity index (χ1) is 25.8. The van der Waals surface area contributed by atoms with Crippen LogP contribution in [0.1, 0.15) is 68.1 Å². The van der Waals surface area contributed by atoms with Crippen molar-refractivity contribution in [3.63, 3.8) is 0 Å². The zero-order chi connectivity index (χ0) is 39.3. The number of alkyl halides is 1. The molecule has 18 heteroatoms. The third-order valence-corrected chi connectivity index (χ3v) is 7.27. The van der Waals surface area contributed by atoms with Gasteiger partial charge in [0.25, 0.3) is 5.95 Å². The van der Waals surface area contributed by atoms with E-state index in [1.165, 1.54) is 39.2 Å². The van der Waals surface area contributed by atoms with Crippen molar-refractivity contribution in [1.29, 1.82) is 5.41 Å². The molecule has 2 aromatic carbocycles. The number of ether oxygens (including phenoxy) is 6. The molecule has 0 saturated heterocycles. The smallest absolute Gasteiger partial charge is 0.487 e. The lowest BCUT2D eigenvalue weighted by Gasteiger charge is -2.20. The van der Waals surface area contributed by atoms with Crippen molar-refractivity contribution in [2.75, 3.05) is 33.3 Å². The monoisotopic (exact) mass is 753 g/mol. The van der Waals surface area contributed by atoms with E-state index in [1.54, 1.807) is 43.3 Å². The zero-order valence-electron chi connectivity index (χ0n) is 30.4. The summed E-state index contributed by atoms with van der Waals surface area (Å²) < 4.78 is 61.9. The van der Waals surface area contributed by atoms with Crippen molar-refractivity contribution < 1.29 is 51.6 Å². The number of carbonyl (C=O) groups is 3. The van der Waals surface area contributed by atoms with Crippen LogP contribution < -0.4 is 14.8 Å². The maximum atomic E-state index is 16.4. The fraction of sp³-hybridized carbons (Fsp3) is 0.389. The number of alkyl carbamates (subject to hydrolysis) is 1. The van der Waals surface area contributed by atoms with Gasteiger partial charge in [0.1, 0.15) is 31.3 Å². The fourth-order valence-electron chi connectivity index (χ4n) is 4.74. The van der Waals surface area contributed by atoms with Crippen molar-refractivity contribution in [1.82, 2.24) is 30.0 Å². The molecule has 0 saturated carbocycles. The molecule has 0 unspecified atom stereocenters. The Morgan fingerprint density at radius 1 is 1.00 bits per heavy atom. The van der Waals surface area contributed by atoms with Crippen molar-refractivity contribution >= 4 is 24.1 Å². The molecular weight excluding hydrogens is 712 g/mol. The van der Waals surface area contributed by atoms with E-state index in [4.69, 9.17) is 33.8 Å². The molecule has 4 rings (SSSR count). The third-order valence-electron chi connectivity index (χ3n) is 7.27. The standard InChI is InChI=1S/C36H41F2N7O9/c1-6-14-51-34(47)42-30(39)25-10-8-24(9-11-25)19-27(26-17-22(2)18-28(29(26)38)50-16-15-49-23(3)46)31-43-33(45(44-31)32-40-12-7-13-41-32)52-21-53-35(48)54-36(4,5)20-37/h7-13,17-18,27H,6,14-16,19-21H2,1-5H3,(H2,39,42,47)/t27-/m1/s1. The Morgan fingerprint density at radius 2 is 1.72 bits per heavy atom. The number of nitrogens with zero attached hydrogens (tertiary/aromatic N) is 5. The van der Waals surface area contributed by atoms with Gasteiger partial charge >= 0.3 is 24.2 Å². The molecule has 0 aliphatic carbocycles. The number of nitrogens with one attached hydrogen (secondary N) is 2. The van der Waals surface area contributed by atoms with Gasteiger partial charge in [-0.05, 0) is 56.9 Å². The van der Waals surface area contributed by atoms with E-state index in [0.717, 1.165) is 4.68 Å². The van der Waals surface area contributed by atoms with Gasteiger partial charge in [-0.2, -0.15) is 4.98 Å². The molecule has 4 aromatic rings. The molecule has 0 radical (unpaired) electrons. The normalized spacial score (nSPS) is 11.6. The summed E-state index contributed by atoms with van der Waals surface area (Å²) in [6, 6.07) is 11.1. The minimum absolute atomic E-state index is 0.0261. The lowest BCUT2D eigenvalue weighted by Crippen LogP contribution is -2.31. The minimum atomic E-state index is -1.42. The Morgan fingerprint density at radius 3 is 2.39 bits per heavy atom. The predicted octanol–water partition coefficient (Wildman–Crippen LogP) is 5.52. The van der Waals surface area contributed by atoms with Gasteiger partial charge in [0.15, 0.2) is 17.4 Å². The average Bonchev–Trinajstić information content (AvgIpc) is 3.56. The summed E-state index contributed by atoms with van der Waals surface area (Å²) >= 11 is 0. The van der Waals surface area contributed by atoms with Gasteiger partial charge in [0.05, 0.1) is 12.5 Å². The fourth-order valence-corrected chi connectivity index (χ4v) is 4.74. The van der Waals surface area contributed by atoms with Gasteiger partial charge in [-0.3, -0.25) is 15.5 Å². The molecule has 0 aliphatic rings. The van der Waals surface area contributed by atoms with Crippen LogP contribution in [0.25, 0.3) is 5.95 Å². The molecule has 2 heterocycles. The van der Waals surface area contributed by atoms with E-state index in [-0.39, 0.29) is 61.2 Å². The van der Waals surface area contributed by atoms with E-state index >= 15 is 4.39 Å². The maximum Gasteiger partial charge on any atom is 0.511 e. The summed E-state index contributed by atoms with van der Waals surface area (Å²) in [5, 5.41) is 15.3. The highest BCUT2D eigenvalue weighted by Crippen LogP contribution is 2.35. The molecule has 0 fully saturated rings. The van der Waals surface area contributed by atoms with Gasteiger partial charge in [-0.15, -0.1) is 9.78 Å². The van der Waals surface area contributed by atoms with Crippen LogP contribution in [0.3, 0.4) is 0 Å². The van der Waals surface area contributed by atoms with Crippen molar-refractivity contribution in [2.24, 2.45) is 0 Å². The number of benzene rings is 2. The second kappa shape index (κ2) is 19.0. The van der Waals surface area contributed by atoms with Crippen molar-refractivity contribution in [3.05, 3.63) is 88.8 Å². The molecule has 0 spiro atoms. The van der Waals surface area contributed by atoms with E-state index in [2.05, 4.69) is 25.4 Å². The molecule has 2 N–H and O–H groups in total. The average molecular weight is 754 g/mol. The molecule has 0 aliphatic heterocycles. The summed E-state index contributed by atoms with van der Waals surface area (Å²) in [5.41, 5.74) is 0.405. The number of carbonyl (C=O) groups excluding carboxylic acids is 3. The highest BCUT2D eigenvalue weighted by atomic mass is 19.1. The number of hydrogen-bond donors (Lipinski definition) is 2. The highest BCUT2D eigenvalue weighted by Gasteiger charge is 2.29. The van der Waals surface area contributed by atoms with Crippen LogP contribution in [0.4, 0.5) is 18.4 Å². The Bertz CT molecular complexity index is 1910. The SMILES string of the molecule is CCCOC(=O)NC(=N)c1ccc(C[C@@H](c2nc(OCOC(=O)OC(C)(C)CF)n(-c3ncccn3)n2)c2cc(C)cc(OCCOC(C)=O)c2F)cc1. The molecule has 1 atom stereocenters. The van der Waals surface area contributed by atoms with Gasteiger partial charge < -0.3 is 28.4 Å². The Hall–Kier alpha value is -6.20. The number of aryl methyl sites for hydroxylation is 1. The predicted molar refractivity (Wildman–Crippen MR) is 187 cm³/mol. The lowest BCUT2D eigenvalue weighted by atomic mass is 9.89. The molecule has 0 bridgehead atoms. The van der Waals surface area contributed by atoms with Crippen molar-refractivity contribution in [3.8, 4) is 17.7 Å². The molecule has 54 heavy (non-hydrogen) atoms. The lowest BCUT2D eigenvalue weighted by molar-refractivity contribution is -0.141. The summed E-state index contributed by atoms with van der Waals surface area (Å²) in [6.07, 6.45) is 1.70. The quantitative estimate of drug-likeness (QED) is 0.0342. The topological polar surface area (TPSA) is 199 Å². The molecule has 2 aromatic heterocycles.